The van der Waals surface area contributed by atoms with Gasteiger partial charge in [-0.3, -0.25) is 9.58 Å². The van der Waals surface area contributed by atoms with Crippen molar-refractivity contribution in [3.63, 3.8) is 0 Å². The van der Waals surface area contributed by atoms with Gasteiger partial charge in [-0.05, 0) is 71.7 Å². The third kappa shape index (κ3) is 4.90. The van der Waals surface area contributed by atoms with Crippen molar-refractivity contribution in [1.29, 1.82) is 0 Å². The first-order valence-electron chi connectivity index (χ1n) is 10.4. The van der Waals surface area contributed by atoms with Gasteiger partial charge < -0.3 is 9.84 Å². The Labute approximate surface area is 192 Å². The molecule has 1 aromatic heterocycles. The van der Waals surface area contributed by atoms with Gasteiger partial charge in [-0.2, -0.15) is 5.10 Å². The quantitative estimate of drug-likeness (QED) is 0.660. The van der Waals surface area contributed by atoms with Crippen molar-refractivity contribution in [3.05, 3.63) is 52.6 Å². The van der Waals surface area contributed by atoms with E-state index in [-0.39, 0.29) is 17.0 Å². The molecule has 1 amide bonds. The van der Waals surface area contributed by atoms with Crippen LogP contribution in [0.5, 0.6) is 0 Å². The summed E-state index contributed by atoms with van der Waals surface area (Å²) in [7, 11) is 0. The number of likely N-dealkylation sites (tertiary alicyclic amines) is 1. The van der Waals surface area contributed by atoms with Gasteiger partial charge in [0.15, 0.2) is 0 Å². The van der Waals surface area contributed by atoms with Crippen LogP contribution in [0.3, 0.4) is 0 Å². The largest absolute Gasteiger partial charge is 0.480 e. The Morgan fingerprint density at radius 3 is 2.34 bits per heavy atom. The third-order valence-electron chi connectivity index (χ3n) is 5.35. The number of aromatic nitrogens is 2. The number of carbonyl (C=O) groups is 2. The van der Waals surface area contributed by atoms with Crippen LogP contribution in [-0.4, -0.2) is 43.5 Å². The fraction of sp³-hybridized carbons (Fsp3) is 0.522. The van der Waals surface area contributed by atoms with Crippen molar-refractivity contribution in [2.75, 3.05) is 0 Å². The lowest BCUT2D eigenvalue weighted by atomic mass is 9.90. The minimum atomic E-state index is -1.16. The monoisotopic (exact) mass is 465 g/mol. The number of benzene rings is 1. The molecule has 7 nitrogen and oxygen atoms in total. The molecule has 174 valence electrons. The van der Waals surface area contributed by atoms with Crippen molar-refractivity contribution < 1.29 is 23.8 Å². The maximum atomic E-state index is 14.4. The lowest BCUT2D eigenvalue weighted by Crippen LogP contribution is -2.44. The summed E-state index contributed by atoms with van der Waals surface area (Å²) in [4.78, 5) is 26.5. The maximum absolute atomic E-state index is 14.4. The normalized spacial score (nSPS) is 21.6. The molecule has 1 fully saturated rings. The van der Waals surface area contributed by atoms with Gasteiger partial charge in [-0.25, -0.2) is 14.0 Å². The van der Waals surface area contributed by atoms with Crippen LogP contribution >= 0.6 is 11.6 Å². The van der Waals surface area contributed by atoms with Gasteiger partial charge in [0.25, 0.3) is 0 Å². The minimum absolute atomic E-state index is 0.0566. The van der Waals surface area contributed by atoms with Gasteiger partial charge in [-0.15, -0.1) is 0 Å². The number of carboxylic acid groups (broad SMARTS) is 1. The summed E-state index contributed by atoms with van der Waals surface area (Å²) in [6, 6.07) is 4.11. The summed E-state index contributed by atoms with van der Waals surface area (Å²) in [6.45, 7) is 11.1. The summed E-state index contributed by atoms with van der Waals surface area (Å²) < 4.78 is 21.7. The number of carbonyl (C=O) groups excluding carboxylic acids is 1. The Kier molecular flexibility index (Phi) is 6.30. The zero-order chi connectivity index (χ0) is 24.0. The Morgan fingerprint density at radius 2 is 1.84 bits per heavy atom. The second-order valence-electron chi connectivity index (χ2n) is 10.1. The molecule has 1 saturated heterocycles. The second-order valence-corrected chi connectivity index (χ2v) is 10.5. The van der Waals surface area contributed by atoms with E-state index in [0.717, 1.165) is 0 Å². The first-order chi connectivity index (χ1) is 14.7. The molecule has 0 saturated carbocycles. The molecule has 1 aliphatic rings. The molecule has 0 radical (unpaired) electrons. The summed E-state index contributed by atoms with van der Waals surface area (Å²) in [6.07, 6.45) is 1.16. The summed E-state index contributed by atoms with van der Waals surface area (Å²) in [5, 5.41) is 14.5. The average molecular weight is 466 g/mol. The van der Waals surface area contributed by atoms with Crippen LogP contribution in [0.25, 0.3) is 0 Å². The average Bonchev–Trinajstić information content (AvgIpc) is 3.26. The Balaban J connectivity index is 2.14. The first-order valence-corrected chi connectivity index (χ1v) is 10.8. The van der Waals surface area contributed by atoms with E-state index < -0.39 is 41.5 Å². The molecular formula is C23H29ClFN3O4. The van der Waals surface area contributed by atoms with Gasteiger partial charge in [0.05, 0.1) is 22.3 Å². The molecule has 3 rings (SSSR count). The van der Waals surface area contributed by atoms with Crippen LogP contribution in [0.15, 0.2) is 30.5 Å². The SMILES string of the molecule is CC(C)(C)OC(=O)N1[C@H](C(=O)O)CC(c2ccn(C(C)(C)C)n2)[C@@H]1c1ccc(Cl)c(F)c1. The number of hydrogen-bond donors (Lipinski definition) is 1. The van der Waals surface area contributed by atoms with E-state index >= 15 is 0 Å². The van der Waals surface area contributed by atoms with Crippen molar-refractivity contribution >= 4 is 23.7 Å². The van der Waals surface area contributed by atoms with Gasteiger partial charge in [0.2, 0.25) is 0 Å². The van der Waals surface area contributed by atoms with Crippen molar-refractivity contribution in [3.8, 4) is 0 Å². The Bertz CT molecular complexity index is 1020. The molecule has 2 aromatic rings. The topological polar surface area (TPSA) is 84.7 Å². The van der Waals surface area contributed by atoms with Crippen molar-refractivity contribution in [1.82, 2.24) is 14.7 Å². The molecule has 0 bridgehead atoms. The number of amides is 1. The van der Waals surface area contributed by atoms with Crippen LogP contribution in [0.1, 0.15) is 71.2 Å². The van der Waals surface area contributed by atoms with Gasteiger partial charge >= 0.3 is 12.1 Å². The minimum Gasteiger partial charge on any atom is -0.480 e. The molecule has 3 atom stereocenters. The summed E-state index contributed by atoms with van der Waals surface area (Å²) >= 11 is 5.87. The summed E-state index contributed by atoms with van der Waals surface area (Å²) in [5.74, 6) is -2.29. The number of halogens is 2. The first kappa shape index (κ1) is 24.0. The molecule has 1 unspecified atom stereocenters. The van der Waals surface area contributed by atoms with Gasteiger partial charge in [0.1, 0.15) is 17.5 Å². The molecule has 1 aromatic carbocycles. The van der Waals surface area contributed by atoms with E-state index in [1.807, 2.05) is 33.0 Å². The van der Waals surface area contributed by atoms with E-state index in [1.165, 1.54) is 17.0 Å². The van der Waals surface area contributed by atoms with E-state index in [0.29, 0.717) is 11.3 Å². The molecule has 32 heavy (non-hydrogen) atoms. The highest BCUT2D eigenvalue weighted by Crippen LogP contribution is 2.47. The maximum Gasteiger partial charge on any atom is 0.411 e. The fourth-order valence-corrected chi connectivity index (χ4v) is 4.04. The molecule has 2 heterocycles. The molecular weight excluding hydrogens is 437 g/mol. The zero-order valence-electron chi connectivity index (χ0n) is 19.1. The highest BCUT2D eigenvalue weighted by molar-refractivity contribution is 6.30. The van der Waals surface area contributed by atoms with Crippen LogP contribution in [0.2, 0.25) is 5.02 Å². The molecule has 1 N–H and O–H groups in total. The van der Waals surface area contributed by atoms with Gasteiger partial charge in [-0.1, -0.05) is 17.7 Å². The Morgan fingerprint density at radius 1 is 1.19 bits per heavy atom. The highest BCUT2D eigenvalue weighted by atomic mass is 35.5. The fourth-order valence-electron chi connectivity index (χ4n) is 3.93. The zero-order valence-corrected chi connectivity index (χ0v) is 19.9. The van der Waals surface area contributed by atoms with Gasteiger partial charge in [0, 0.05) is 12.1 Å². The number of aliphatic carboxylic acids is 1. The van der Waals surface area contributed by atoms with E-state index in [1.54, 1.807) is 31.5 Å². The van der Waals surface area contributed by atoms with E-state index in [9.17, 15) is 19.1 Å². The number of nitrogens with zero attached hydrogens (tertiary/aromatic N) is 3. The van der Waals surface area contributed by atoms with Crippen LogP contribution < -0.4 is 0 Å². The molecule has 1 aliphatic heterocycles. The van der Waals surface area contributed by atoms with Crippen LogP contribution in [0.4, 0.5) is 9.18 Å². The Hall–Kier alpha value is -2.61. The highest BCUT2D eigenvalue weighted by Gasteiger charge is 2.50. The number of rotatable bonds is 3. The van der Waals surface area contributed by atoms with Crippen molar-refractivity contribution in [2.45, 2.75) is 77.1 Å². The van der Waals surface area contributed by atoms with E-state index in [2.05, 4.69) is 5.10 Å². The predicted molar refractivity (Wildman–Crippen MR) is 118 cm³/mol. The smallest absolute Gasteiger partial charge is 0.411 e. The third-order valence-corrected chi connectivity index (χ3v) is 5.65. The standard InChI is InChI=1S/C23H29ClFN3O4/c1-22(2,3)27-10-9-17(26-27)14-12-18(20(29)30)28(21(31)32-23(4,5)6)19(14)13-7-8-15(24)16(25)11-13/h7-11,14,18-19H,12H2,1-6H3,(H,29,30)/t14?,18-,19-/m0/s1. The van der Waals surface area contributed by atoms with Crippen LogP contribution in [-0.2, 0) is 15.1 Å². The number of carboxylic acids is 1. The summed E-state index contributed by atoms with van der Waals surface area (Å²) in [5.41, 5.74) is -0.0631. The lowest BCUT2D eigenvalue weighted by molar-refractivity contribution is -0.142. The lowest BCUT2D eigenvalue weighted by Gasteiger charge is -2.32. The number of ether oxygens (including phenoxy) is 1. The van der Waals surface area contributed by atoms with Crippen LogP contribution in [0, 0.1) is 5.82 Å². The van der Waals surface area contributed by atoms with Crippen molar-refractivity contribution in [2.24, 2.45) is 0 Å². The molecule has 0 aliphatic carbocycles. The molecule has 9 heteroatoms. The van der Waals surface area contributed by atoms with E-state index in [4.69, 9.17) is 16.3 Å². The predicted octanol–water partition coefficient (Wildman–Crippen LogP) is 5.35. The second kappa shape index (κ2) is 8.39. The molecule has 0 spiro atoms. The number of hydrogen-bond acceptors (Lipinski definition) is 4.